The number of hydrogen-bond donors (Lipinski definition) is 1. The Morgan fingerprint density at radius 1 is 1.39 bits per heavy atom. The zero-order valence-electron chi connectivity index (χ0n) is 12.1. The number of aromatic carboxylic acids is 1. The first-order chi connectivity index (χ1) is 10.7. The molecule has 3 rings (SSSR count). The molecule has 2 heterocycles. The minimum absolute atomic E-state index is 0.0291. The normalized spacial score (nSPS) is 16.8. The lowest BCUT2D eigenvalue weighted by atomic mass is 10.1. The van der Waals surface area contributed by atoms with Gasteiger partial charge in [-0.15, -0.1) is 0 Å². The van der Waals surface area contributed by atoms with E-state index in [-0.39, 0.29) is 23.3 Å². The van der Waals surface area contributed by atoms with E-state index in [0.717, 1.165) is 5.56 Å². The zero-order chi connectivity index (χ0) is 16.8. The van der Waals surface area contributed by atoms with Gasteiger partial charge in [0.1, 0.15) is 11.9 Å². The second kappa shape index (κ2) is 5.64. The highest BCUT2D eigenvalue weighted by Gasteiger charge is 2.35. The van der Waals surface area contributed by atoms with Gasteiger partial charge in [0.25, 0.3) is 0 Å². The number of nitrogens with zero attached hydrogens (tertiary/aromatic N) is 2. The van der Waals surface area contributed by atoms with Gasteiger partial charge in [0, 0.05) is 12.6 Å². The lowest BCUT2D eigenvalue weighted by molar-refractivity contribution is 0.0689. The summed E-state index contributed by atoms with van der Waals surface area (Å²) in [4.78, 5) is 11.0. The first-order valence-electron chi connectivity index (χ1n) is 6.69. The van der Waals surface area contributed by atoms with E-state index in [4.69, 9.17) is 9.84 Å². The lowest BCUT2D eigenvalue weighted by Gasteiger charge is -2.27. The summed E-state index contributed by atoms with van der Waals surface area (Å²) in [7, 11) is -1.27. The van der Waals surface area contributed by atoms with Crippen molar-refractivity contribution in [2.24, 2.45) is 7.05 Å². The predicted octanol–water partition coefficient (Wildman–Crippen LogP) is 1.72. The number of rotatable bonds is 4. The molecule has 7 nitrogen and oxygen atoms in total. The van der Waals surface area contributed by atoms with E-state index in [0.29, 0.717) is 15.9 Å². The van der Waals surface area contributed by atoms with Crippen molar-refractivity contribution >= 4 is 31.7 Å². The van der Waals surface area contributed by atoms with E-state index in [9.17, 15) is 13.2 Å². The molecule has 1 saturated heterocycles. The van der Waals surface area contributed by atoms with Crippen LogP contribution >= 0.6 is 15.9 Å². The van der Waals surface area contributed by atoms with E-state index >= 15 is 0 Å². The summed E-state index contributed by atoms with van der Waals surface area (Å²) >= 11 is 3.39. The highest BCUT2D eigenvalue weighted by atomic mass is 79.9. The van der Waals surface area contributed by atoms with Crippen LogP contribution in [-0.2, 0) is 16.9 Å². The van der Waals surface area contributed by atoms with Crippen LogP contribution in [0.2, 0.25) is 0 Å². The number of carboxylic acid groups (broad SMARTS) is 1. The molecule has 2 aromatic rings. The van der Waals surface area contributed by atoms with Crippen LogP contribution in [0, 0.1) is 0 Å². The largest absolute Gasteiger partial charge is 0.487 e. The van der Waals surface area contributed by atoms with Crippen LogP contribution in [0.3, 0.4) is 0 Å². The molecule has 0 radical (unpaired) electrons. The molecule has 1 aliphatic rings. The molecule has 1 aliphatic heterocycles. The maximum atomic E-state index is 11.2. The molecule has 9 heteroatoms. The number of aromatic nitrogens is 2. The van der Waals surface area contributed by atoms with E-state index < -0.39 is 15.8 Å². The van der Waals surface area contributed by atoms with Crippen molar-refractivity contribution in [3.05, 3.63) is 34.4 Å². The smallest absolute Gasteiger partial charge is 0.356 e. The third-order valence-corrected chi connectivity index (χ3v) is 5.88. The summed E-state index contributed by atoms with van der Waals surface area (Å²) in [6, 6.07) is 6.77. The fourth-order valence-electron chi connectivity index (χ4n) is 2.36. The lowest BCUT2D eigenvalue weighted by Crippen LogP contribution is -2.45. The molecule has 1 aromatic heterocycles. The molecule has 0 spiro atoms. The fraction of sp³-hybridized carbons (Fsp3) is 0.286. The second-order valence-corrected chi connectivity index (χ2v) is 8.31. The summed E-state index contributed by atoms with van der Waals surface area (Å²) in [6.45, 7) is 0. The quantitative estimate of drug-likeness (QED) is 0.838. The number of benzene rings is 1. The number of aryl methyl sites for hydroxylation is 1. The van der Waals surface area contributed by atoms with Crippen molar-refractivity contribution in [2.75, 3.05) is 11.5 Å². The summed E-state index contributed by atoms with van der Waals surface area (Å²) in [5, 5.41) is 12.9. The second-order valence-electron chi connectivity index (χ2n) is 5.31. The molecule has 122 valence electrons. The SMILES string of the molecule is Cn1nc(C(=O)O)cc1-c1ccc(OC2CS(=O)(=O)C2)c(Br)c1. The van der Waals surface area contributed by atoms with Crippen molar-refractivity contribution in [2.45, 2.75) is 6.10 Å². The van der Waals surface area contributed by atoms with E-state index in [1.54, 1.807) is 25.2 Å². The number of sulfone groups is 1. The van der Waals surface area contributed by atoms with Crippen LogP contribution in [-0.4, -0.2) is 46.9 Å². The Labute approximate surface area is 140 Å². The van der Waals surface area contributed by atoms with Crippen LogP contribution < -0.4 is 4.74 Å². The highest BCUT2D eigenvalue weighted by Crippen LogP contribution is 2.32. The number of halogens is 1. The van der Waals surface area contributed by atoms with Gasteiger partial charge in [-0.2, -0.15) is 5.10 Å². The van der Waals surface area contributed by atoms with Gasteiger partial charge in [-0.05, 0) is 40.2 Å². The first kappa shape index (κ1) is 16.0. The van der Waals surface area contributed by atoms with E-state index in [1.807, 2.05) is 0 Å². The molecule has 23 heavy (non-hydrogen) atoms. The number of hydrogen-bond acceptors (Lipinski definition) is 5. The molecule has 0 saturated carbocycles. The topological polar surface area (TPSA) is 98.5 Å². The van der Waals surface area contributed by atoms with Gasteiger partial charge in [-0.1, -0.05) is 0 Å². The van der Waals surface area contributed by atoms with Crippen molar-refractivity contribution in [1.29, 1.82) is 0 Å². The first-order valence-corrected chi connectivity index (χ1v) is 9.31. The molecule has 0 unspecified atom stereocenters. The molecule has 0 amide bonds. The van der Waals surface area contributed by atoms with Crippen LogP contribution in [0.4, 0.5) is 0 Å². The Bertz CT molecular complexity index is 879. The summed E-state index contributed by atoms with van der Waals surface area (Å²) < 4.78 is 30.1. The summed E-state index contributed by atoms with van der Waals surface area (Å²) in [5.74, 6) is -0.471. The maximum Gasteiger partial charge on any atom is 0.356 e. The molecule has 0 bridgehead atoms. The van der Waals surface area contributed by atoms with Crippen molar-refractivity contribution in [3.8, 4) is 17.0 Å². The molecule has 0 aliphatic carbocycles. The number of ether oxygens (including phenoxy) is 1. The Morgan fingerprint density at radius 3 is 2.61 bits per heavy atom. The standard InChI is InChI=1S/C14H13BrN2O5S/c1-17-12(5-11(16-17)14(18)19)8-2-3-13(10(15)4-8)22-9-6-23(20,21)7-9/h2-5,9H,6-7H2,1H3,(H,18,19). The molecule has 1 aromatic carbocycles. The average Bonchev–Trinajstić information content (AvgIpc) is 2.81. The maximum absolute atomic E-state index is 11.2. The Morgan fingerprint density at radius 2 is 2.09 bits per heavy atom. The zero-order valence-corrected chi connectivity index (χ0v) is 14.5. The van der Waals surface area contributed by atoms with Gasteiger partial charge < -0.3 is 9.84 Å². The van der Waals surface area contributed by atoms with Gasteiger partial charge in [0.05, 0.1) is 21.7 Å². The molecule has 0 atom stereocenters. The van der Waals surface area contributed by atoms with Gasteiger partial charge in [-0.25, -0.2) is 13.2 Å². The van der Waals surface area contributed by atoms with Crippen molar-refractivity contribution in [1.82, 2.24) is 9.78 Å². The monoisotopic (exact) mass is 400 g/mol. The summed E-state index contributed by atoms with van der Waals surface area (Å²) in [5.41, 5.74) is 1.40. The average molecular weight is 401 g/mol. The van der Waals surface area contributed by atoms with Gasteiger partial charge in [0.15, 0.2) is 15.5 Å². The number of carbonyl (C=O) groups is 1. The third-order valence-electron chi connectivity index (χ3n) is 3.50. The Hall–Kier alpha value is -1.87. The molecule has 1 N–H and O–H groups in total. The van der Waals surface area contributed by atoms with E-state index in [2.05, 4.69) is 21.0 Å². The number of carboxylic acids is 1. The van der Waals surface area contributed by atoms with Crippen molar-refractivity contribution in [3.63, 3.8) is 0 Å². The van der Waals surface area contributed by atoms with E-state index in [1.165, 1.54) is 10.7 Å². The molecular formula is C14H13BrN2O5S. The fourth-order valence-corrected chi connectivity index (χ4v) is 4.01. The van der Waals surface area contributed by atoms with Crippen molar-refractivity contribution < 1.29 is 23.1 Å². The third kappa shape index (κ3) is 3.25. The van der Waals surface area contributed by atoms with Crippen LogP contribution in [0.5, 0.6) is 5.75 Å². The molecular weight excluding hydrogens is 388 g/mol. The Balaban J connectivity index is 1.83. The van der Waals surface area contributed by atoms with Gasteiger partial charge in [-0.3, -0.25) is 4.68 Å². The minimum Gasteiger partial charge on any atom is -0.487 e. The van der Waals surface area contributed by atoms with Gasteiger partial charge >= 0.3 is 5.97 Å². The van der Waals surface area contributed by atoms with Crippen LogP contribution in [0.25, 0.3) is 11.3 Å². The predicted molar refractivity (Wildman–Crippen MR) is 86.4 cm³/mol. The Kier molecular flexibility index (Phi) is 3.93. The highest BCUT2D eigenvalue weighted by molar-refractivity contribution is 9.10. The van der Waals surface area contributed by atoms with Gasteiger partial charge in [0.2, 0.25) is 0 Å². The molecule has 1 fully saturated rings. The van der Waals surface area contributed by atoms with Crippen LogP contribution in [0.1, 0.15) is 10.5 Å². The summed E-state index contributed by atoms with van der Waals surface area (Å²) in [6.07, 6.45) is -0.322. The minimum atomic E-state index is -2.93. The van der Waals surface area contributed by atoms with Crippen LogP contribution in [0.15, 0.2) is 28.7 Å².